The molecule has 1 unspecified atom stereocenters. The van der Waals surface area contributed by atoms with Gasteiger partial charge in [-0.3, -0.25) is 14.5 Å². The van der Waals surface area contributed by atoms with Crippen LogP contribution in [0.4, 0.5) is 11.5 Å². The summed E-state index contributed by atoms with van der Waals surface area (Å²) in [5, 5.41) is 22.1. The van der Waals surface area contributed by atoms with Gasteiger partial charge in [-0.05, 0) is 50.2 Å². The van der Waals surface area contributed by atoms with Crippen molar-refractivity contribution in [1.82, 2.24) is 19.7 Å². The summed E-state index contributed by atoms with van der Waals surface area (Å²) in [4.78, 5) is 38.5. The highest BCUT2D eigenvalue weighted by molar-refractivity contribution is 5.98. The molecule has 2 amide bonds. The van der Waals surface area contributed by atoms with Gasteiger partial charge in [0.2, 0.25) is 0 Å². The number of carbonyl (C=O) groups excluding carboxylic acids is 2. The lowest BCUT2D eigenvalue weighted by molar-refractivity contribution is 0.0358. The monoisotopic (exact) mass is 510 g/mol. The third kappa shape index (κ3) is 6.76. The molecule has 2 aliphatic rings. The number of hydrogen-bond acceptors (Lipinski definition) is 8. The van der Waals surface area contributed by atoms with Crippen molar-refractivity contribution >= 4 is 23.3 Å². The SMILES string of the molecule is CC(C)Nc1cccnc1N1CCN(C(=O)c2ccc(C(=O)N3CCN(CC(O)CO)CC3)cc2)CC1. The highest BCUT2D eigenvalue weighted by atomic mass is 16.3. The molecular formula is C27H38N6O4. The number of nitrogens with one attached hydrogen (secondary N) is 1. The Labute approximate surface area is 218 Å². The van der Waals surface area contributed by atoms with Gasteiger partial charge in [0.25, 0.3) is 11.8 Å². The van der Waals surface area contributed by atoms with Gasteiger partial charge in [0.15, 0.2) is 5.82 Å². The van der Waals surface area contributed by atoms with Crippen molar-refractivity contribution in [1.29, 1.82) is 0 Å². The van der Waals surface area contributed by atoms with E-state index in [1.54, 1.807) is 35.4 Å². The second-order valence-corrected chi connectivity index (χ2v) is 9.96. The Hall–Kier alpha value is -3.21. The number of rotatable bonds is 8. The van der Waals surface area contributed by atoms with E-state index < -0.39 is 6.10 Å². The number of aromatic nitrogens is 1. The first-order valence-electron chi connectivity index (χ1n) is 13.0. The molecule has 0 bridgehead atoms. The molecule has 200 valence electrons. The Morgan fingerprint density at radius 2 is 1.43 bits per heavy atom. The van der Waals surface area contributed by atoms with Gasteiger partial charge in [0.1, 0.15) is 0 Å². The minimum atomic E-state index is -0.760. The zero-order chi connectivity index (χ0) is 26.4. The van der Waals surface area contributed by atoms with Crippen LogP contribution in [0, 0.1) is 0 Å². The maximum atomic E-state index is 13.1. The van der Waals surface area contributed by atoms with Gasteiger partial charge in [-0.25, -0.2) is 4.98 Å². The smallest absolute Gasteiger partial charge is 0.253 e. The Morgan fingerprint density at radius 3 is 1.95 bits per heavy atom. The molecule has 2 fully saturated rings. The topological polar surface area (TPSA) is 112 Å². The summed E-state index contributed by atoms with van der Waals surface area (Å²) in [6.07, 6.45) is 1.03. The molecule has 0 spiro atoms. The molecule has 37 heavy (non-hydrogen) atoms. The first-order valence-corrected chi connectivity index (χ1v) is 13.0. The van der Waals surface area contributed by atoms with Gasteiger partial charge in [-0.2, -0.15) is 0 Å². The highest BCUT2D eigenvalue weighted by Gasteiger charge is 2.26. The van der Waals surface area contributed by atoms with Crippen LogP contribution in [0.2, 0.25) is 0 Å². The van der Waals surface area contributed by atoms with Gasteiger partial charge >= 0.3 is 0 Å². The molecule has 1 aromatic carbocycles. The van der Waals surface area contributed by atoms with Crippen molar-refractivity contribution in [3.8, 4) is 0 Å². The fraction of sp³-hybridized carbons (Fsp3) is 0.519. The van der Waals surface area contributed by atoms with E-state index in [9.17, 15) is 14.7 Å². The molecule has 0 saturated carbocycles. The van der Waals surface area contributed by atoms with Crippen LogP contribution < -0.4 is 10.2 Å². The fourth-order valence-electron chi connectivity index (χ4n) is 4.80. The zero-order valence-corrected chi connectivity index (χ0v) is 21.7. The first kappa shape index (κ1) is 26.8. The molecule has 10 nitrogen and oxygen atoms in total. The molecule has 10 heteroatoms. The third-order valence-electron chi connectivity index (χ3n) is 6.82. The van der Waals surface area contributed by atoms with Crippen molar-refractivity contribution in [2.24, 2.45) is 0 Å². The van der Waals surface area contributed by atoms with Crippen LogP contribution in [0.1, 0.15) is 34.6 Å². The molecule has 1 aromatic heterocycles. The number of nitrogens with zero attached hydrogens (tertiary/aromatic N) is 5. The lowest BCUT2D eigenvalue weighted by Crippen LogP contribution is -2.50. The first-order chi connectivity index (χ1) is 17.9. The van der Waals surface area contributed by atoms with Crippen LogP contribution in [-0.2, 0) is 0 Å². The maximum Gasteiger partial charge on any atom is 0.253 e. The van der Waals surface area contributed by atoms with Crippen molar-refractivity contribution in [3.63, 3.8) is 0 Å². The van der Waals surface area contributed by atoms with E-state index in [0.29, 0.717) is 76.1 Å². The van der Waals surface area contributed by atoms with Crippen LogP contribution in [0.25, 0.3) is 0 Å². The van der Waals surface area contributed by atoms with E-state index in [2.05, 4.69) is 29.0 Å². The summed E-state index contributed by atoms with van der Waals surface area (Å²) < 4.78 is 0. The highest BCUT2D eigenvalue weighted by Crippen LogP contribution is 2.25. The summed E-state index contributed by atoms with van der Waals surface area (Å²) in [6, 6.07) is 11.2. The zero-order valence-electron chi connectivity index (χ0n) is 21.7. The summed E-state index contributed by atoms with van der Waals surface area (Å²) >= 11 is 0. The number of hydrogen-bond donors (Lipinski definition) is 3. The minimum absolute atomic E-state index is 0.0312. The number of pyridine rings is 1. The molecule has 4 rings (SSSR count). The Balaban J connectivity index is 1.30. The number of piperazine rings is 2. The lowest BCUT2D eigenvalue weighted by Gasteiger charge is -2.36. The second-order valence-electron chi connectivity index (χ2n) is 9.96. The molecule has 1 atom stereocenters. The molecule has 2 aliphatic heterocycles. The van der Waals surface area contributed by atoms with E-state index >= 15 is 0 Å². The number of carbonyl (C=O) groups is 2. The van der Waals surface area contributed by atoms with Crippen molar-refractivity contribution in [3.05, 3.63) is 53.7 Å². The predicted octanol–water partition coefficient (Wildman–Crippen LogP) is 0.975. The molecule has 0 radical (unpaired) electrons. The molecule has 0 aliphatic carbocycles. The largest absolute Gasteiger partial charge is 0.394 e. The average Bonchev–Trinajstić information content (AvgIpc) is 2.93. The summed E-state index contributed by atoms with van der Waals surface area (Å²) in [5.74, 6) is 0.823. The number of β-amino-alcohol motifs (C(OH)–C–C–N with tert-alkyl or cyclic N) is 1. The molecule has 2 saturated heterocycles. The summed E-state index contributed by atoms with van der Waals surface area (Å²) in [6.45, 7) is 9.37. The summed E-state index contributed by atoms with van der Waals surface area (Å²) in [5.41, 5.74) is 2.14. The van der Waals surface area contributed by atoms with Crippen LogP contribution >= 0.6 is 0 Å². The normalized spacial score (nSPS) is 17.7. The third-order valence-corrected chi connectivity index (χ3v) is 6.82. The fourth-order valence-corrected chi connectivity index (χ4v) is 4.80. The number of aliphatic hydroxyl groups excluding tert-OH is 2. The van der Waals surface area contributed by atoms with E-state index in [1.165, 1.54) is 0 Å². The Morgan fingerprint density at radius 1 is 0.892 bits per heavy atom. The standard InChI is InChI=1S/C27H38N6O4/c1-20(2)29-24-4-3-9-28-25(24)31-14-16-33(17-15-31)27(37)22-7-5-21(6-8-22)26(36)32-12-10-30(11-13-32)18-23(35)19-34/h3-9,20,23,29,34-35H,10-19H2,1-2H3. The minimum Gasteiger partial charge on any atom is -0.394 e. The molecular weight excluding hydrogens is 472 g/mol. The van der Waals surface area contributed by atoms with Crippen molar-refractivity contribution in [2.45, 2.75) is 26.0 Å². The second kappa shape index (κ2) is 12.4. The lowest BCUT2D eigenvalue weighted by atomic mass is 10.1. The molecule has 3 N–H and O–H groups in total. The Bertz CT molecular complexity index is 1050. The van der Waals surface area contributed by atoms with Crippen molar-refractivity contribution in [2.75, 3.05) is 75.7 Å². The number of amides is 2. The van der Waals surface area contributed by atoms with Gasteiger partial charge < -0.3 is 30.2 Å². The van der Waals surface area contributed by atoms with Crippen LogP contribution in [-0.4, -0.2) is 119 Å². The number of anilines is 2. The van der Waals surface area contributed by atoms with Gasteiger partial charge in [0.05, 0.1) is 18.4 Å². The van der Waals surface area contributed by atoms with Gasteiger partial charge in [0, 0.05) is 82.3 Å². The van der Waals surface area contributed by atoms with E-state index in [-0.39, 0.29) is 18.4 Å². The Kier molecular flexibility index (Phi) is 8.96. The molecule has 2 aromatic rings. The van der Waals surface area contributed by atoms with Crippen LogP contribution in [0.15, 0.2) is 42.6 Å². The number of benzene rings is 1. The van der Waals surface area contributed by atoms with Crippen molar-refractivity contribution < 1.29 is 19.8 Å². The van der Waals surface area contributed by atoms with Crippen LogP contribution in [0.3, 0.4) is 0 Å². The number of aliphatic hydroxyl groups is 2. The van der Waals surface area contributed by atoms with Crippen LogP contribution in [0.5, 0.6) is 0 Å². The average molecular weight is 511 g/mol. The van der Waals surface area contributed by atoms with Gasteiger partial charge in [-0.15, -0.1) is 0 Å². The van der Waals surface area contributed by atoms with Gasteiger partial charge in [-0.1, -0.05) is 0 Å². The van der Waals surface area contributed by atoms with E-state index in [1.807, 2.05) is 21.9 Å². The maximum absolute atomic E-state index is 13.1. The van der Waals surface area contributed by atoms with E-state index in [4.69, 9.17) is 5.11 Å². The summed E-state index contributed by atoms with van der Waals surface area (Å²) in [7, 11) is 0. The van der Waals surface area contributed by atoms with E-state index in [0.717, 1.165) is 11.5 Å². The quantitative estimate of drug-likeness (QED) is 0.482. The molecule has 3 heterocycles. The predicted molar refractivity (Wildman–Crippen MR) is 143 cm³/mol.